The van der Waals surface area contributed by atoms with E-state index in [-0.39, 0.29) is 15.9 Å². The number of fused-ring (bicyclic) bond motifs is 1. The summed E-state index contributed by atoms with van der Waals surface area (Å²) in [6, 6.07) is 6.20. The molecule has 0 bridgehead atoms. The van der Waals surface area contributed by atoms with Gasteiger partial charge in [0.2, 0.25) is 0 Å². The molecule has 0 aliphatic carbocycles. The van der Waals surface area contributed by atoms with E-state index in [0.717, 1.165) is 11.7 Å². The fraction of sp³-hybridized carbons (Fsp3) is 0. The number of hydrogen-bond acceptors (Lipinski definition) is 5. The predicted molar refractivity (Wildman–Crippen MR) is 84.6 cm³/mol. The van der Waals surface area contributed by atoms with Crippen LogP contribution in [0.25, 0.3) is 11.0 Å². The Balaban J connectivity index is 2.00. The van der Waals surface area contributed by atoms with Crippen molar-refractivity contribution in [3.8, 4) is 0 Å². The summed E-state index contributed by atoms with van der Waals surface area (Å²) in [5.74, 6) is -0.413. The average Bonchev–Trinajstić information content (AvgIpc) is 2.89. The van der Waals surface area contributed by atoms with Crippen LogP contribution in [-0.4, -0.2) is 19.6 Å². The van der Waals surface area contributed by atoms with Gasteiger partial charge < -0.3 is 5.32 Å². The molecule has 1 N–H and O–H groups in total. The molecule has 1 aromatic carbocycles. The Kier molecular flexibility index (Phi) is 3.95. The fourth-order valence-electron chi connectivity index (χ4n) is 1.73. The summed E-state index contributed by atoms with van der Waals surface area (Å²) in [5, 5.41) is 3.33. The van der Waals surface area contributed by atoms with Crippen molar-refractivity contribution in [1.29, 1.82) is 0 Å². The lowest BCUT2D eigenvalue weighted by atomic mass is 10.2. The third kappa shape index (κ3) is 2.94. The van der Waals surface area contributed by atoms with Gasteiger partial charge in [0.25, 0.3) is 5.91 Å². The van der Waals surface area contributed by atoms with E-state index in [0.29, 0.717) is 21.7 Å². The Morgan fingerprint density at radius 1 is 1.10 bits per heavy atom. The van der Waals surface area contributed by atoms with Gasteiger partial charge in [-0.1, -0.05) is 34.8 Å². The van der Waals surface area contributed by atoms with Crippen molar-refractivity contribution in [3.63, 3.8) is 0 Å². The first-order chi connectivity index (χ1) is 10.0. The van der Waals surface area contributed by atoms with Gasteiger partial charge in [-0.3, -0.25) is 4.79 Å². The highest BCUT2D eigenvalue weighted by Crippen LogP contribution is 2.30. The number of rotatable bonds is 2. The van der Waals surface area contributed by atoms with Gasteiger partial charge >= 0.3 is 0 Å². The Labute approximate surface area is 138 Å². The van der Waals surface area contributed by atoms with Crippen LogP contribution in [-0.2, 0) is 0 Å². The van der Waals surface area contributed by atoms with Gasteiger partial charge in [0, 0.05) is 5.56 Å². The molecular formula is C12H5Cl3N4OS. The lowest BCUT2D eigenvalue weighted by molar-refractivity contribution is 0.102. The van der Waals surface area contributed by atoms with Gasteiger partial charge in [0.05, 0.1) is 22.4 Å². The first-order valence-corrected chi connectivity index (χ1v) is 7.46. The van der Waals surface area contributed by atoms with Crippen LogP contribution < -0.4 is 5.32 Å². The summed E-state index contributed by atoms with van der Waals surface area (Å²) in [6.07, 6.45) is 0. The van der Waals surface area contributed by atoms with Crippen molar-refractivity contribution in [2.45, 2.75) is 0 Å². The summed E-state index contributed by atoms with van der Waals surface area (Å²) >= 11 is 18.7. The molecule has 2 aromatic heterocycles. The number of anilines is 1. The molecule has 1 amide bonds. The molecule has 2 heterocycles. The van der Waals surface area contributed by atoms with Crippen LogP contribution >= 0.6 is 46.5 Å². The molecule has 0 unspecified atom stereocenters. The van der Waals surface area contributed by atoms with Gasteiger partial charge in [0.1, 0.15) is 21.3 Å². The second-order valence-corrected chi connectivity index (χ2v) is 5.72. The van der Waals surface area contributed by atoms with Crippen LogP contribution in [0.3, 0.4) is 0 Å². The van der Waals surface area contributed by atoms with E-state index in [2.05, 4.69) is 19.0 Å². The molecule has 0 saturated heterocycles. The Bertz CT molecular complexity index is 831. The molecule has 0 spiro atoms. The summed E-state index contributed by atoms with van der Waals surface area (Å²) in [7, 11) is 0. The van der Waals surface area contributed by atoms with E-state index in [9.17, 15) is 4.79 Å². The lowest BCUT2D eigenvalue weighted by Crippen LogP contribution is -2.13. The molecule has 0 radical (unpaired) electrons. The number of nitrogens with zero attached hydrogens (tertiary/aromatic N) is 3. The van der Waals surface area contributed by atoms with Crippen LogP contribution in [0.1, 0.15) is 10.4 Å². The number of carbonyl (C=O) groups excluding carboxylic acids is 1. The molecule has 0 fully saturated rings. The SMILES string of the molecule is O=C(Nc1c(Cl)ccc2nsnc12)c1cc(Cl)nc(Cl)c1. The van der Waals surface area contributed by atoms with Crippen molar-refractivity contribution in [3.05, 3.63) is 45.2 Å². The lowest BCUT2D eigenvalue weighted by Gasteiger charge is -2.08. The number of hydrogen-bond donors (Lipinski definition) is 1. The molecule has 0 aliphatic rings. The number of amides is 1. The van der Waals surface area contributed by atoms with Gasteiger partial charge in [-0.2, -0.15) is 8.75 Å². The molecule has 106 valence electrons. The maximum atomic E-state index is 12.3. The minimum atomic E-state index is -0.413. The van der Waals surface area contributed by atoms with Crippen molar-refractivity contribution in [1.82, 2.24) is 13.7 Å². The zero-order chi connectivity index (χ0) is 15.0. The van der Waals surface area contributed by atoms with E-state index in [1.54, 1.807) is 12.1 Å². The monoisotopic (exact) mass is 358 g/mol. The number of aromatic nitrogens is 3. The van der Waals surface area contributed by atoms with Gasteiger partial charge in [-0.15, -0.1) is 0 Å². The van der Waals surface area contributed by atoms with Crippen LogP contribution in [0, 0.1) is 0 Å². The first-order valence-electron chi connectivity index (χ1n) is 5.60. The van der Waals surface area contributed by atoms with Crippen molar-refractivity contribution in [2.24, 2.45) is 0 Å². The number of nitrogens with one attached hydrogen (secondary N) is 1. The van der Waals surface area contributed by atoms with Crippen LogP contribution in [0.15, 0.2) is 24.3 Å². The van der Waals surface area contributed by atoms with Crippen LogP contribution in [0.4, 0.5) is 5.69 Å². The predicted octanol–water partition coefficient (Wildman–Crippen LogP) is 4.30. The Hall–Kier alpha value is -1.47. The second-order valence-electron chi connectivity index (χ2n) is 4.01. The minimum Gasteiger partial charge on any atom is -0.319 e. The van der Waals surface area contributed by atoms with Crippen LogP contribution in [0.5, 0.6) is 0 Å². The third-order valence-corrected chi connectivity index (χ3v) is 3.89. The van der Waals surface area contributed by atoms with Gasteiger partial charge in [-0.05, 0) is 24.3 Å². The van der Waals surface area contributed by atoms with Crippen molar-refractivity contribution >= 4 is 69.2 Å². The highest BCUT2D eigenvalue weighted by molar-refractivity contribution is 7.00. The molecule has 3 rings (SSSR count). The number of carbonyl (C=O) groups is 1. The quantitative estimate of drug-likeness (QED) is 0.693. The van der Waals surface area contributed by atoms with E-state index in [4.69, 9.17) is 34.8 Å². The average molecular weight is 360 g/mol. The largest absolute Gasteiger partial charge is 0.319 e. The highest BCUT2D eigenvalue weighted by Gasteiger charge is 2.15. The summed E-state index contributed by atoms with van der Waals surface area (Å²) < 4.78 is 8.23. The minimum absolute atomic E-state index is 0.132. The van der Waals surface area contributed by atoms with Gasteiger partial charge in [0.15, 0.2) is 0 Å². The van der Waals surface area contributed by atoms with E-state index >= 15 is 0 Å². The highest BCUT2D eigenvalue weighted by atomic mass is 35.5. The topological polar surface area (TPSA) is 67.8 Å². The standard InChI is InChI=1S/C12H5Cl3N4OS/c13-6-1-2-7-11(19-21-18-7)10(6)17-12(20)5-3-8(14)16-9(15)4-5/h1-4H,(H,17,20). The van der Waals surface area contributed by atoms with E-state index < -0.39 is 5.91 Å². The number of benzene rings is 1. The third-order valence-electron chi connectivity index (χ3n) is 2.64. The van der Waals surface area contributed by atoms with E-state index in [1.165, 1.54) is 12.1 Å². The van der Waals surface area contributed by atoms with E-state index in [1.807, 2.05) is 0 Å². The zero-order valence-electron chi connectivity index (χ0n) is 10.1. The smallest absolute Gasteiger partial charge is 0.255 e. The maximum Gasteiger partial charge on any atom is 0.255 e. The molecule has 3 aromatic rings. The summed E-state index contributed by atoms with van der Waals surface area (Å²) in [5.41, 5.74) is 1.87. The van der Waals surface area contributed by atoms with Crippen LogP contribution in [0.2, 0.25) is 15.3 Å². The normalized spacial score (nSPS) is 10.8. The molecule has 21 heavy (non-hydrogen) atoms. The van der Waals surface area contributed by atoms with Crippen molar-refractivity contribution in [2.75, 3.05) is 5.32 Å². The Morgan fingerprint density at radius 2 is 1.81 bits per heavy atom. The first kappa shape index (κ1) is 14.5. The molecule has 0 saturated carbocycles. The molecule has 5 nitrogen and oxygen atoms in total. The molecule has 0 aliphatic heterocycles. The molecular weight excluding hydrogens is 355 g/mol. The molecule has 9 heteroatoms. The number of halogens is 3. The van der Waals surface area contributed by atoms with Crippen molar-refractivity contribution < 1.29 is 4.79 Å². The zero-order valence-corrected chi connectivity index (χ0v) is 13.2. The second kappa shape index (κ2) is 5.73. The Morgan fingerprint density at radius 3 is 2.52 bits per heavy atom. The summed E-state index contributed by atoms with van der Waals surface area (Å²) in [6.45, 7) is 0. The molecule has 0 atom stereocenters. The van der Waals surface area contributed by atoms with Gasteiger partial charge in [-0.25, -0.2) is 4.98 Å². The number of pyridine rings is 1. The maximum absolute atomic E-state index is 12.3. The fourth-order valence-corrected chi connectivity index (χ4v) is 2.93. The summed E-state index contributed by atoms with van der Waals surface area (Å²) in [4.78, 5) is 16.1.